The molecule has 172 valence electrons. The van der Waals surface area contributed by atoms with E-state index in [-0.39, 0.29) is 11.6 Å². The monoisotopic (exact) mass is 449 g/mol. The van der Waals surface area contributed by atoms with E-state index < -0.39 is 23.8 Å². The molecule has 4 rings (SSSR count). The summed E-state index contributed by atoms with van der Waals surface area (Å²) in [7, 11) is 1.34. The number of ether oxygens (including phenoxy) is 1. The van der Waals surface area contributed by atoms with Gasteiger partial charge in [-0.3, -0.25) is 19.8 Å². The fourth-order valence-corrected chi connectivity index (χ4v) is 4.69. The SMILES string of the molecule is COC(=O)c1ccc(-n2c(C)cc(/C=C3\C(=O)NC(=O)N(C4CCCCC4)C3=O)c2C)cc1. The molecule has 2 aromatic rings. The number of carbonyl (C=O) groups excluding carboxylic acids is 4. The van der Waals surface area contributed by atoms with Crippen LogP contribution in [-0.4, -0.2) is 46.4 Å². The molecule has 1 aliphatic carbocycles. The molecular weight excluding hydrogens is 422 g/mol. The largest absolute Gasteiger partial charge is 0.465 e. The lowest BCUT2D eigenvalue weighted by atomic mass is 9.93. The normalized spacial score (nSPS) is 18.6. The minimum Gasteiger partial charge on any atom is -0.465 e. The van der Waals surface area contributed by atoms with Crippen LogP contribution in [0.5, 0.6) is 0 Å². The summed E-state index contributed by atoms with van der Waals surface area (Å²) in [5.41, 5.74) is 3.67. The summed E-state index contributed by atoms with van der Waals surface area (Å²) in [6.45, 7) is 3.81. The molecule has 1 aliphatic heterocycles. The van der Waals surface area contributed by atoms with Gasteiger partial charge in [-0.1, -0.05) is 19.3 Å². The maximum absolute atomic E-state index is 13.2. The third kappa shape index (κ3) is 4.20. The summed E-state index contributed by atoms with van der Waals surface area (Å²) < 4.78 is 6.72. The van der Waals surface area contributed by atoms with Crippen molar-refractivity contribution in [2.24, 2.45) is 0 Å². The first kappa shape index (κ1) is 22.5. The van der Waals surface area contributed by atoms with Gasteiger partial charge in [0.15, 0.2) is 0 Å². The molecule has 0 radical (unpaired) electrons. The number of methoxy groups -OCH3 is 1. The molecule has 2 aliphatic rings. The van der Waals surface area contributed by atoms with Gasteiger partial charge < -0.3 is 9.30 Å². The van der Waals surface area contributed by atoms with Gasteiger partial charge in [-0.05, 0) is 68.7 Å². The number of hydrogen-bond donors (Lipinski definition) is 1. The molecule has 0 unspecified atom stereocenters. The zero-order chi connectivity index (χ0) is 23.7. The standard InChI is InChI=1S/C25H27N3O5/c1-15-13-18(16(2)27(15)20-11-9-17(10-12-20)24(31)33-3)14-21-22(29)26-25(32)28(23(21)30)19-7-5-4-6-8-19/h9-14,19H,4-8H2,1-3H3,(H,26,29,32)/b21-14+. The van der Waals surface area contributed by atoms with Crippen molar-refractivity contribution in [2.45, 2.75) is 52.0 Å². The second-order valence-electron chi connectivity index (χ2n) is 8.48. The maximum Gasteiger partial charge on any atom is 0.337 e. The van der Waals surface area contributed by atoms with E-state index in [0.717, 1.165) is 49.2 Å². The van der Waals surface area contributed by atoms with E-state index in [4.69, 9.17) is 4.74 Å². The van der Waals surface area contributed by atoms with Crippen LogP contribution in [0.4, 0.5) is 4.79 Å². The van der Waals surface area contributed by atoms with Crippen molar-refractivity contribution in [3.8, 4) is 5.69 Å². The van der Waals surface area contributed by atoms with Gasteiger partial charge in [0.05, 0.1) is 12.7 Å². The van der Waals surface area contributed by atoms with Gasteiger partial charge in [0.1, 0.15) is 5.57 Å². The highest BCUT2D eigenvalue weighted by Crippen LogP contribution is 2.28. The third-order valence-corrected chi connectivity index (χ3v) is 6.39. The molecule has 33 heavy (non-hydrogen) atoms. The van der Waals surface area contributed by atoms with Crippen molar-refractivity contribution in [2.75, 3.05) is 7.11 Å². The molecule has 1 saturated heterocycles. The summed E-state index contributed by atoms with van der Waals surface area (Å²) in [4.78, 5) is 51.1. The van der Waals surface area contributed by atoms with Crippen LogP contribution in [0, 0.1) is 13.8 Å². The van der Waals surface area contributed by atoms with Crippen LogP contribution in [0.25, 0.3) is 11.8 Å². The molecule has 2 fully saturated rings. The molecule has 0 atom stereocenters. The van der Waals surface area contributed by atoms with E-state index >= 15 is 0 Å². The fourth-order valence-electron chi connectivity index (χ4n) is 4.69. The zero-order valence-corrected chi connectivity index (χ0v) is 19.0. The highest BCUT2D eigenvalue weighted by molar-refractivity contribution is 6.31. The second kappa shape index (κ2) is 9.05. The average molecular weight is 450 g/mol. The minimum atomic E-state index is -0.677. The Bertz CT molecular complexity index is 1150. The quantitative estimate of drug-likeness (QED) is 0.436. The number of aromatic nitrogens is 1. The molecule has 1 aromatic heterocycles. The zero-order valence-electron chi connectivity index (χ0n) is 19.0. The summed E-state index contributed by atoms with van der Waals surface area (Å²) in [6, 6.07) is 8.07. The second-order valence-corrected chi connectivity index (χ2v) is 8.48. The van der Waals surface area contributed by atoms with E-state index in [1.165, 1.54) is 12.0 Å². The molecule has 4 amide bonds. The number of barbiturate groups is 1. The Hall–Kier alpha value is -3.68. The minimum absolute atomic E-state index is 0.0403. The number of nitrogens with zero attached hydrogens (tertiary/aromatic N) is 2. The number of urea groups is 1. The van der Waals surface area contributed by atoms with Gasteiger partial charge in [-0.2, -0.15) is 0 Å². The van der Waals surface area contributed by atoms with Crippen molar-refractivity contribution in [3.05, 3.63) is 58.4 Å². The highest BCUT2D eigenvalue weighted by Gasteiger charge is 2.40. The van der Waals surface area contributed by atoms with Crippen LogP contribution in [0.1, 0.15) is 59.4 Å². The fraction of sp³-hybridized carbons (Fsp3) is 0.360. The number of esters is 1. The number of nitrogens with one attached hydrogen (secondary N) is 1. The summed E-state index contributed by atoms with van der Waals surface area (Å²) >= 11 is 0. The van der Waals surface area contributed by atoms with Gasteiger partial charge in [0.25, 0.3) is 11.8 Å². The van der Waals surface area contributed by atoms with Gasteiger partial charge in [-0.15, -0.1) is 0 Å². The lowest BCUT2D eigenvalue weighted by molar-refractivity contribution is -0.132. The lowest BCUT2D eigenvalue weighted by Crippen LogP contribution is -2.58. The smallest absolute Gasteiger partial charge is 0.337 e. The third-order valence-electron chi connectivity index (χ3n) is 6.39. The topological polar surface area (TPSA) is 97.7 Å². The Morgan fingerprint density at radius 2 is 1.73 bits per heavy atom. The Morgan fingerprint density at radius 3 is 2.36 bits per heavy atom. The molecule has 0 spiro atoms. The van der Waals surface area contributed by atoms with Crippen LogP contribution < -0.4 is 5.32 Å². The van der Waals surface area contributed by atoms with Crippen LogP contribution in [0.15, 0.2) is 35.9 Å². The first-order valence-corrected chi connectivity index (χ1v) is 11.1. The van der Waals surface area contributed by atoms with E-state index in [1.807, 2.05) is 36.6 Å². The molecular formula is C25H27N3O5. The van der Waals surface area contributed by atoms with Gasteiger partial charge in [-0.25, -0.2) is 9.59 Å². The van der Waals surface area contributed by atoms with E-state index in [2.05, 4.69) is 5.32 Å². The summed E-state index contributed by atoms with van der Waals surface area (Å²) in [5, 5.41) is 2.33. The number of rotatable bonds is 4. The van der Waals surface area contributed by atoms with E-state index in [9.17, 15) is 19.2 Å². The average Bonchev–Trinajstić information content (AvgIpc) is 3.09. The molecule has 1 saturated carbocycles. The highest BCUT2D eigenvalue weighted by atomic mass is 16.5. The predicted molar refractivity (Wildman–Crippen MR) is 122 cm³/mol. The Balaban J connectivity index is 1.67. The van der Waals surface area contributed by atoms with Crippen LogP contribution in [0.3, 0.4) is 0 Å². The van der Waals surface area contributed by atoms with Gasteiger partial charge in [0, 0.05) is 23.1 Å². The van der Waals surface area contributed by atoms with E-state index in [0.29, 0.717) is 11.1 Å². The van der Waals surface area contributed by atoms with Gasteiger partial charge in [0.2, 0.25) is 0 Å². The number of carbonyl (C=O) groups is 4. The molecule has 1 aromatic carbocycles. The lowest BCUT2D eigenvalue weighted by Gasteiger charge is -2.35. The Kier molecular flexibility index (Phi) is 6.18. The molecule has 0 bridgehead atoms. The van der Waals surface area contributed by atoms with Crippen LogP contribution in [0.2, 0.25) is 0 Å². The van der Waals surface area contributed by atoms with Crippen molar-refractivity contribution in [1.82, 2.24) is 14.8 Å². The number of amides is 4. The first-order chi connectivity index (χ1) is 15.8. The van der Waals surface area contributed by atoms with Crippen molar-refractivity contribution >= 4 is 29.9 Å². The molecule has 8 heteroatoms. The number of benzene rings is 1. The number of hydrogen-bond acceptors (Lipinski definition) is 5. The first-order valence-electron chi connectivity index (χ1n) is 11.1. The molecule has 8 nitrogen and oxygen atoms in total. The van der Waals surface area contributed by atoms with Crippen molar-refractivity contribution in [1.29, 1.82) is 0 Å². The van der Waals surface area contributed by atoms with E-state index in [1.54, 1.807) is 18.2 Å². The van der Waals surface area contributed by atoms with Gasteiger partial charge >= 0.3 is 12.0 Å². The Labute approximate surface area is 192 Å². The number of imide groups is 2. The summed E-state index contributed by atoms with van der Waals surface area (Å²) in [6.07, 6.45) is 6.10. The molecule has 2 heterocycles. The van der Waals surface area contributed by atoms with Crippen molar-refractivity contribution < 1.29 is 23.9 Å². The Morgan fingerprint density at radius 1 is 1.06 bits per heavy atom. The summed E-state index contributed by atoms with van der Waals surface area (Å²) in [5.74, 6) is -1.63. The van der Waals surface area contributed by atoms with Crippen LogP contribution >= 0.6 is 0 Å². The van der Waals surface area contributed by atoms with Crippen molar-refractivity contribution in [3.63, 3.8) is 0 Å². The van der Waals surface area contributed by atoms with Crippen LogP contribution in [-0.2, 0) is 14.3 Å². The number of aryl methyl sites for hydroxylation is 1. The predicted octanol–water partition coefficient (Wildman–Crippen LogP) is 3.68. The maximum atomic E-state index is 13.2. The molecule has 1 N–H and O–H groups in total.